The van der Waals surface area contributed by atoms with Gasteiger partial charge in [0.2, 0.25) is 5.91 Å². The minimum atomic E-state index is -0.0343. The number of anilines is 1. The second-order valence-corrected chi connectivity index (χ2v) is 8.45. The predicted molar refractivity (Wildman–Crippen MR) is 139 cm³/mol. The Morgan fingerprint density at radius 2 is 1.81 bits per heavy atom. The van der Waals surface area contributed by atoms with Crippen LogP contribution in [-0.2, 0) is 4.79 Å². The van der Waals surface area contributed by atoms with Crippen LogP contribution >= 0.6 is 0 Å². The lowest BCUT2D eigenvalue weighted by atomic mass is 10.1. The SMILES string of the molecule is CCCC(=O)Nc1cncc(-c2ccc3[nH]nc(-c4nc5c(-c6ccncc6)cccc5[nH]4)c3n2)c1. The van der Waals surface area contributed by atoms with Crippen LogP contribution < -0.4 is 5.32 Å². The molecule has 9 nitrogen and oxygen atoms in total. The number of amides is 1. The third-order valence-corrected chi connectivity index (χ3v) is 5.93. The molecular formula is C27H22N8O. The molecule has 0 bridgehead atoms. The fraction of sp³-hybridized carbons (Fsp3) is 0.111. The zero-order chi connectivity index (χ0) is 24.5. The first-order chi connectivity index (χ1) is 17.7. The fourth-order valence-corrected chi connectivity index (χ4v) is 4.23. The largest absolute Gasteiger partial charge is 0.336 e. The Morgan fingerprint density at radius 1 is 0.917 bits per heavy atom. The van der Waals surface area contributed by atoms with Gasteiger partial charge in [0.15, 0.2) is 11.5 Å². The highest BCUT2D eigenvalue weighted by atomic mass is 16.1. The number of para-hydroxylation sites is 1. The zero-order valence-corrected chi connectivity index (χ0v) is 19.5. The Hall–Kier alpha value is -4.92. The van der Waals surface area contributed by atoms with E-state index < -0.39 is 0 Å². The molecule has 6 rings (SSSR count). The smallest absolute Gasteiger partial charge is 0.224 e. The number of nitrogens with zero attached hydrogens (tertiary/aromatic N) is 5. The van der Waals surface area contributed by atoms with Crippen LogP contribution in [0.4, 0.5) is 5.69 Å². The molecule has 0 saturated carbocycles. The van der Waals surface area contributed by atoms with Crippen LogP contribution in [-0.4, -0.2) is 41.0 Å². The summed E-state index contributed by atoms with van der Waals surface area (Å²) in [6.07, 6.45) is 8.15. The molecular weight excluding hydrogens is 452 g/mol. The van der Waals surface area contributed by atoms with E-state index in [1.807, 2.05) is 55.5 Å². The number of hydrogen-bond acceptors (Lipinski definition) is 6. The normalized spacial score (nSPS) is 11.2. The zero-order valence-electron chi connectivity index (χ0n) is 19.5. The molecule has 0 unspecified atom stereocenters. The summed E-state index contributed by atoms with van der Waals surface area (Å²) in [7, 11) is 0. The second kappa shape index (κ2) is 9.03. The quantitative estimate of drug-likeness (QED) is 0.298. The Bertz CT molecular complexity index is 1700. The summed E-state index contributed by atoms with van der Waals surface area (Å²) in [5.41, 5.74) is 8.09. The molecule has 9 heteroatoms. The first kappa shape index (κ1) is 21.6. The predicted octanol–water partition coefficient (Wildman–Crippen LogP) is 5.36. The van der Waals surface area contributed by atoms with Gasteiger partial charge in [-0.1, -0.05) is 19.1 Å². The van der Waals surface area contributed by atoms with Crippen LogP contribution in [0.25, 0.3) is 56.0 Å². The lowest BCUT2D eigenvalue weighted by Gasteiger charge is -2.06. The third-order valence-electron chi connectivity index (χ3n) is 5.93. The molecule has 36 heavy (non-hydrogen) atoms. The molecule has 0 aliphatic rings. The Kier molecular flexibility index (Phi) is 5.42. The van der Waals surface area contributed by atoms with Gasteiger partial charge in [-0.2, -0.15) is 5.10 Å². The van der Waals surface area contributed by atoms with Crippen molar-refractivity contribution in [2.75, 3.05) is 5.32 Å². The number of pyridine rings is 3. The molecule has 0 aliphatic carbocycles. The molecule has 6 aromatic rings. The number of nitrogens with one attached hydrogen (secondary N) is 3. The van der Waals surface area contributed by atoms with Crippen molar-refractivity contribution in [2.24, 2.45) is 0 Å². The molecule has 176 valence electrons. The van der Waals surface area contributed by atoms with Crippen molar-refractivity contribution in [3.63, 3.8) is 0 Å². The first-order valence-electron chi connectivity index (χ1n) is 11.7. The number of carbonyl (C=O) groups is 1. The number of fused-ring (bicyclic) bond motifs is 2. The molecule has 3 N–H and O–H groups in total. The number of aromatic nitrogens is 7. The van der Waals surface area contributed by atoms with E-state index >= 15 is 0 Å². The summed E-state index contributed by atoms with van der Waals surface area (Å²) in [4.78, 5) is 33.6. The Balaban J connectivity index is 1.40. The monoisotopic (exact) mass is 474 g/mol. The van der Waals surface area contributed by atoms with Gasteiger partial charge < -0.3 is 10.3 Å². The van der Waals surface area contributed by atoms with Crippen LogP contribution in [0.15, 0.2) is 73.3 Å². The van der Waals surface area contributed by atoms with Crippen molar-refractivity contribution in [1.82, 2.24) is 35.1 Å². The number of hydrogen-bond donors (Lipinski definition) is 3. The summed E-state index contributed by atoms with van der Waals surface area (Å²) in [5.74, 6) is 0.592. The van der Waals surface area contributed by atoms with Gasteiger partial charge in [0.25, 0.3) is 0 Å². The van der Waals surface area contributed by atoms with Gasteiger partial charge in [-0.15, -0.1) is 0 Å². The van der Waals surface area contributed by atoms with Crippen LogP contribution in [0.3, 0.4) is 0 Å². The van der Waals surface area contributed by atoms with Crippen molar-refractivity contribution in [3.8, 4) is 33.9 Å². The van der Waals surface area contributed by atoms with E-state index in [4.69, 9.17) is 9.97 Å². The minimum Gasteiger partial charge on any atom is -0.336 e. The van der Waals surface area contributed by atoms with Crippen LogP contribution in [0.5, 0.6) is 0 Å². The maximum absolute atomic E-state index is 12.0. The van der Waals surface area contributed by atoms with Gasteiger partial charge in [-0.05, 0) is 48.4 Å². The first-order valence-corrected chi connectivity index (χ1v) is 11.7. The molecule has 0 spiro atoms. The van der Waals surface area contributed by atoms with Gasteiger partial charge in [0, 0.05) is 36.1 Å². The second-order valence-electron chi connectivity index (χ2n) is 8.45. The van der Waals surface area contributed by atoms with E-state index in [9.17, 15) is 4.79 Å². The average molecular weight is 475 g/mol. The van der Waals surface area contributed by atoms with E-state index in [2.05, 4.69) is 30.5 Å². The summed E-state index contributed by atoms with van der Waals surface area (Å²) < 4.78 is 0. The topological polar surface area (TPSA) is 125 Å². The van der Waals surface area contributed by atoms with Gasteiger partial charge in [-0.25, -0.2) is 9.97 Å². The van der Waals surface area contributed by atoms with Gasteiger partial charge in [0.05, 0.1) is 34.1 Å². The van der Waals surface area contributed by atoms with Crippen molar-refractivity contribution < 1.29 is 4.79 Å². The molecule has 1 amide bonds. The van der Waals surface area contributed by atoms with E-state index in [1.165, 1.54) is 0 Å². The lowest BCUT2D eigenvalue weighted by Crippen LogP contribution is -2.10. The van der Waals surface area contributed by atoms with E-state index in [0.29, 0.717) is 29.1 Å². The van der Waals surface area contributed by atoms with E-state index in [0.717, 1.165) is 45.4 Å². The van der Waals surface area contributed by atoms with Crippen LogP contribution in [0.2, 0.25) is 0 Å². The van der Waals surface area contributed by atoms with Gasteiger partial charge in [0.1, 0.15) is 5.52 Å². The number of carbonyl (C=O) groups excluding carboxylic acids is 1. The lowest BCUT2D eigenvalue weighted by molar-refractivity contribution is -0.116. The average Bonchev–Trinajstić information content (AvgIpc) is 3.53. The van der Waals surface area contributed by atoms with E-state index in [1.54, 1.807) is 24.8 Å². The fourth-order valence-electron chi connectivity index (χ4n) is 4.23. The highest BCUT2D eigenvalue weighted by Crippen LogP contribution is 2.31. The molecule has 0 saturated heterocycles. The van der Waals surface area contributed by atoms with Crippen LogP contribution in [0.1, 0.15) is 19.8 Å². The summed E-state index contributed by atoms with van der Waals surface area (Å²) >= 11 is 0. The molecule has 0 atom stereocenters. The standard InChI is InChI=1S/C27H22N8O/c1-2-4-23(36)30-18-13-17(14-29-15-18)20-7-8-22-25(31-20)26(35-34-22)27-32-21-6-3-5-19(24(21)33-27)16-9-11-28-12-10-16/h3,5-15H,2,4H2,1H3,(H,30,36)(H,32,33)(H,34,35). The van der Waals surface area contributed by atoms with E-state index in [-0.39, 0.29) is 5.91 Å². The number of benzene rings is 1. The van der Waals surface area contributed by atoms with Gasteiger partial charge >= 0.3 is 0 Å². The third kappa shape index (κ3) is 3.96. The highest BCUT2D eigenvalue weighted by molar-refractivity contribution is 5.96. The summed E-state index contributed by atoms with van der Waals surface area (Å²) in [5, 5.41) is 10.5. The molecule has 1 aromatic carbocycles. The summed E-state index contributed by atoms with van der Waals surface area (Å²) in [6, 6.07) is 15.7. The molecule has 0 radical (unpaired) electrons. The number of H-pyrrole nitrogens is 2. The van der Waals surface area contributed by atoms with Crippen molar-refractivity contribution in [2.45, 2.75) is 19.8 Å². The van der Waals surface area contributed by atoms with Gasteiger partial charge in [-0.3, -0.25) is 19.9 Å². The summed E-state index contributed by atoms with van der Waals surface area (Å²) in [6.45, 7) is 1.97. The maximum atomic E-state index is 12.0. The maximum Gasteiger partial charge on any atom is 0.224 e. The van der Waals surface area contributed by atoms with Crippen molar-refractivity contribution >= 4 is 33.7 Å². The molecule has 5 heterocycles. The minimum absolute atomic E-state index is 0.0343. The number of rotatable bonds is 6. The van der Waals surface area contributed by atoms with Crippen LogP contribution in [0, 0.1) is 0 Å². The molecule has 0 aliphatic heterocycles. The number of aromatic amines is 2. The van der Waals surface area contributed by atoms with Crippen molar-refractivity contribution in [3.05, 3.63) is 73.3 Å². The molecule has 5 aromatic heterocycles. The highest BCUT2D eigenvalue weighted by Gasteiger charge is 2.17. The van der Waals surface area contributed by atoms with Crippen molar-refractivity contribution in [1.29, 1.82) is 0 Å². The Labute approximate surface area is 206 Å². The molecule has 0 fully saturated rings. The Morgan fingerprint density at radius 3 is 2.67 bits per heavy atom. The number of imidazole rings is 1.